The van der Waals surface area contributed by atoms with Gasteiger partial charge in [-0.15, -0.1) is 0 Å². The first kappa shape index (κ1) is 36.5. The molecule has 280 valence electrons. The van der Waals surface area contributed by atoms with E-state index in [1.54, 1.807) is 29.5 Å². The first-order chi connectivity index (χ1) is 25.1. The summed E-state index contributed by atoms with van der Waals surface area (Å²) in [6, 6.07) is 6.68. The summed E-state index contributed by atoms with van der Waals surface area (Å²) in [5.41, 5.74) is -1.38. The van der Waals surface area contributed by atoms with Gasteiger partial charge in [-0.2, -0.15) is 26.8 Å². The molecule has 4 heterocycles. The van der Waals surface area contributed by atoms with E-state index in [1.807, 2.05) is 0 Å². The van der Waals surface area contributed by atoms with Crippen molar-refractivity contribution < 1.29 is 45.4 Å². The molecule has 24 heteroatoms. The van der Waals surface area contributed by atoms with Crippen LogP contribution in [0, 0.1) is 11.6 Å². The number of hydrogen-bond donors (Lipinski definition) is 7. The molecule has 53 heavy (non-hydrogen) atoms. The predicted molar refractivity (Wildman–Crippen MR) is 187 cm³/mol. The van der Waals surface area contributed by atoms with Crippen LogP contribution in [-0.4, -0.2) is 91.5 Å². The molecular weight excluding hydrogens is 747 g/mol. The molecule has 1 unspecified atom stereocenters. The molecule has 0 aliphatic carbocycles. The lowest BCUT2D eigenvalue weighted by Gasteiger charge is -2.30. The molecule has 7 N–H and O–H groups in total. The molecule has 0 radical (unpaired) electrons. The maximum absolute atomic E-state index is 15.6. The van der Waals surface area contributed by atoms with Gasteiger partial charge in [0, 0.05) is 55.9 Å². The summed E-state index contributed by atoms with van der Waals surface area (Å²) in [7, 11) is -7.16. The number of nitrogens with zero attached hydrogens (tertiary/aromatic N) is 7. The number of hydrogen-bond acceptors (Lipinski definition) is 16. The Hall–Kier alpha value is -6.30. The van der Waals surface area contributed by atoms with Crippen LogP contribution < -0.4 is 38.9 Å². The molecule has 2 aliphatic rings. The molecule has 2 saturated heterocycles. The normalized spacial score (nSPS) is 16.5. The summed E-state index contributed by atoms with van der Waals surface area (Å²) >= 11 is 0. The number of aromatic nitrogens is 4. The number of carbonyl (C=O) groups is 2. The number of phenolic OH excluding ortho intramolecular Hbond substituents is 2. The first-order valence-electron chi connectivity index (χ1n) is 15.4. The van der Waals surface area contributed by atoms with Crippen molar-refractivity contribution in [3.05, 3.63) is 60.4 Å². The van der Waals surface area contributed by atoms with Gasteiger partial charge in [0.15, 0.2) is 11.6 Å². The van der Waals surface area contributed by atoms with E-state index in [9.17, 15) is 41.0 Å². The average molecular weight is 777 g/mol. The number of anilines is 8. The maximum Gasteiger partial charge on any atom is 0.326 e. The van der Waals surface area contributed by atoms with E-state index in [0.29, 0.717) is 26.7 Å². The molecule has 2 aliphatic heterocycles. The van der Waals surface area contributed by atoms with Crippen molar-refractivity contribution in [2.75, 3.05) is 56.1 Å². The Balaban J connectivity index is 1.18. The van der Waals surface area contributed by atoms with Crippen molar-refractivity contribution in [2.45, 2.75) is 19.4 Å². The number of benzene rings is 2. The highest BCUT2D eigenvalue weighted by molar-refractivity contribution is 7.92. The Morgan fingerprint density at radius 3 is 2.02 bits per heavy atom. The van der Waals surface area contributed by atoms with Crippen LogP contribution in [-0.2, 0) is 30.0 Å². The van der Waals surface area contributed by atoms with E-state index < -0.39 is 85.9 Å². The van der Waals surface area contributed by atoms with Gasteiger partial charge in [0.1, 0.15) is 47.6 Å². The third kappa shape index (κ3) is 7.52. The molecular formula is C29H30F2N12O8S2. The van der Waals surface area contributed by atoms with Crippen molar-refractivity contribution in [2.24, 2.45) is 0 Å². The van der Waals surface area contributed by atoms with E-state index in [2.05, 4.69) is 35.9 Å². The highest BCUT2D eigenvalue weighted by Crippen LogP contribution is 2.40. The highest BCUT2D eigenvalue weighted by atomic mass is 32.2. The third-order valence-electron chi connectivity index (χ3n) is 7.82. The third-order valence-corrected chi connectivity index (χ3v) is 10.6. The Labute approximate surface area is 300 Å². The van der Waals surface area contributed by atoms with Gasteiger partial charge >= 0.3 is 20.4 Å². The lowest BCUT2D eigenvalue weighted by molar-refractivity contribution is -0.118. The van der Waals surface area contributed by atoms with E-state index in [-0.39, 0.29) is 29.8 Å². The number of aromatic hydroxyl groups is 2. The zero-order chi connectivity index (χ0) is 38.2. The molecule has 4 aromatic rings. The second-order valence-electron chi connectivity index (χ2n) is 11.5. The number of phenols is 2. The SMILES string of the molecule is CNc1ccnc(N(c2cc(O)c(N3CC(=O)NS3(=O)=O)c(F)c2)C(C)CCNc2ccnc(Nc3cc(O)c(N4CC(=O)NS4(=O)=O)c(F)c3)n2)n1. The van der Waals surface area contributed by atoms with E-state index >= 15 is 4.39 Å². The van der Waals surface area contributed by atoms with Gasteiger partial charge in [-0.3, -0.25) is 9.59 Å². The monoisotopic (exact) mass is 776 g/mol. The number of rotatable bonds is 12. The fourth-order valence-corrected chi connectivity index (χ4v) is 7.85. The van der Waals surface area contributed by atoms with Crippen LogP contribution in [0.2, 0.25) is 0 Å². The van der Waals surface area contributed by atoms with Crippen molar-refractivity contribution in [1.82, 2.24) is 29.4 Å². The summed E-state index contributed by atoms with van der Waals surface area (Å²) in [6.07, 6.45) is 3.17. The molecule has 2 aromatic heterocycles. The Bertz CT molecular complexity index is 2290. The van der Waals surface area contributed by atoms with Crippen LogP contribution >= 0.6 is 0 Å². The molecule has 0 bridgehead atoms. The largest absolute Gasteiger partial charge is 0.506 e. The summed E-state index contributed by atoms with van der Waals surface area (Å²) in [6.45, 7) is 0.585. The molecule has 1 atom stereocenters. The molecule has 0 saturated carbocycles. The first-order valence-corrected chi connectivity index (χ1v) is 18.3. The summed E-state index contributed by atoms with van der Waals surface area (Å²) in [5, 5.41) is 30.0. The molecule has 20 nitrogen and oxygen atoms in total. The fraction of sp³-hybridized carbons (Fsp3) is 0.241. The van der Waals surface area contributed by atoms with Crippen LogP contribution in [0.25, 0.3) is 0 Å². The number of nitrogens with one attached hydrogen (secondary N) is 5. The van der Waals surface area contributed by atoms with Crippen LogP contribution in [0.15, 0.2) is 48.8 Å². The van der Waals surface area contributed by atoms with Gasteiger partial charge in [-0.25, -0.2) is 36.8 Å². The fourth-order valence-electron chi connectivity index (χ4n) is 5.51. The van der Waals surface area contributed by atoms with Crippen LogP contribution in [0.5, 0.6) is 11.5 Å². The van der Waals surface area contributed by atoms with E-state index in [4.69, 9.17) is 0 Å². The zero-order valence-corrected chi connectivity index (χ0v) is 29.2. The number of halogens is 2. The topological polar surface area (TPSA) is 264 Å². The number of carbonyl (C=O) groups excluding carboxylic acids is 2. The quantitative estimate of drug-likeness (QED) is 0.106. The minimum absolute atomic E-state index is 0.0258. The van der Waals surface area contributed by atoms with Crippen molar-refractivity contribution in [3.8, 4) is 11.5 Å². The summed E-state index contributed by atoms with van der Waals surface area (Å²) in [4.78, 5) is 42.0. The lowest BCUT2D eigenvalue weighted by atomic mass is 10.1. The smallest absolute Gasteiger partial charge is 0.326 e. The Morgan fingerprint density at radius 1 is 0.868 bits per heavy atom. The molecule has 0 spiro atoms. The van der Waals surface area contributed by atoms with Gasteiger partial charge in [0.25, 0.3) is 11.8 Å². The standard InChI is InChI=1S/C29H30F2N12O8S2/c1-15(43(29-35-8-4-22(32-2)38-29)17-11-19(31)27(21(45)12-17)42-14-25(47)40-53(42,50)51)3-6-33-23-5-7-34-28(37-23)36-16-9-18(30)26(20(44)10-16)41-13-24(46)39-52(41,48)49/h4-5,7-12,15,44-45H,3,6,13-14H2,1-2H3,(H,39,46)(H,40,47)(H,32,35,38)(H2,33,34,36,37). The minimum Gasteiger partial charge on any atom is -0.506 e. The second kappa shape index (κ2) is 14.0. The summed E-state index contributed by atoms with van der Waals surface area (Å²) in [5.74, 6) is -4.74. The maximum atomic E-state index is 15.6. The molecule has 2 amide bonds. The van der Waals surface area contributed by atoms with Crippen LogP contribution in [0.1, 0.15) is 13.3 Å². The van der Waals surface area contributed by atoms with E-state index in [0.717, 1.165) is 24.3 Å². The Morgan fingerprint density at radius 2 is 1.45 bits per heavy atom. The summed E-state index contributed by atoms with van der Waals surface area (Å²) < 4.78 is 83.8. The van der Waals surface area contributed by atoms with Crippen molar-refractivity contribution >= 4 is 78.5 Å². The van der Waals surface area contributed by atoms with Gasteiger partial charge in [0.2, 0.25) is 11.9 Å². The minimum atomic E-state index is -4.42. The Kier molecular flexibility index (Phi) is 9.65. The van der Waals surface area contributed by atoms with Gasteiger partial charge in [-0.05, 0) is 31.5 Å². The van der Waals surface area contributed by atoms with Gasteiger partial charge in [0.05, 0.1) is 5.69 Å². The average Bonchev–Trinajstić information content (AvgIpc) is 3.50. The second-order valence-corrected chi connectivity index (χ2v) is 14.7. The molecule has 2 fully saturated rings. The molecule has 6 rings (SSSR count). The van der Waals surface area contributed by atoms with Crippen molar-refractivity contribution in [3.63, 3.8) is 0 Å². The van der Waals surface area contributed by atoms with Crippen molar-refractivity contribution in [1.29, 1.82) is 0 Å². The van der Waals surface area contributed by atoms with Gasteiger partial charge in [-0.1, -0.05) is 0 Å². The van der Waals surface area contributed by atoms with E-state index in [1.165, 1.54) is 23.4 Å². The highest BCUT2D eigenvalue weighted by Gasteiger charge is 2.39. The molecule has 2 aromatic carbocycles. The number of amides is 2. The van der Waals surface area contributed by atoms with Crippen LogP contribution in [0.3, 0.4) is 0 Å². The van der Waals surface area contributed by atoms with Crippen LogP contribution in [0.4, 0.5) is 55.1 Å². The predicted octanol–water partition coefficient (Wildman–Crippen LogP) is 1.13. The van der Waals surface area contributed by atoms with Gasteiger partial charge < -0.3 is 31.1 Å². The lowest BCUT2D eigenvalue weighted by Crippen LogP contribution is -2.33. The zero-order valence-electron chi connectivity index (χ0n) is 27.6.